The predicted octanol–water partition coefficient (Wildman–Crippen LogP) is 3.34. The number of unbranched alkanes of at least 4 members (excludes halogenated alkanes) is 1. The summed E-state index contributed by atoms with van der Waals surface area (Å²) in [6.45, 7) is 1.94. The van der Waals surface area contributed by atoms with E-state index in [1.165, 1.54) is 10.9 Å². The van der Waals surface area contributed by atoms with Crippen LogP contribution in [0.5, 0.6) is 0 Å². The second kappa shape index (κ2) is 6.58. The van der Waals surface area contributed by atoms with E-state index < -0.39 is 0 Å². The maximum Gasteiger partial charge on any atom is 0.0702 e. The van der Waals surface area contributed by atoms with Gasteiger partial charge in [0.25, 0.3) is 0 Å². The van der Waals surface area contributed by atoms with Gasteiger partial charge in [0.05, 0.1) is 5.52 Å². The fraction of sp³-hybridized carbons (Fsp3) is 0.357. The van der Waals surface area contributed by atoms with Gasteiger partial charge in [-0.15, -0.1) is 11.6 Å². The summed E-state index contributed by atoms with van der Waals surface area (Å²) in [7, 11) is 0. The Balaban J connectivity index is 1.90. The lowest BCUT2D eigenvalue weighted by molar-refractivity contribution is 0.643. The van der Waals surface area contributed by atoms with Gasteiger partial charge in [-0.1, -0.05) is 12.1 Å². The van der Waals surface area contributed by atoms with Gasteiger partial charge >= 0.3 is 0 Å². The number of fused-ring (bicyclic) bond motifs is 1. The van der Waals surface area contributed by atoms with Crippen molar-refractivity contribution in [3.63, 3.8) is 0 Å². The Labute approximate surface area is 107 Å². The highest BCUT2D eigenvalue weighted by Crippen LogP contribution is 2.12. The van der Waals surface area contributed by atoms with Gasteiger partial charge in [-0.05, 0) is 43.1 Å². The Morgan fingerprint density at radius 1 is 1.18 bits per heavy atom. The lowest BCUT2D eigenvalue weighted by atomic mass is 10.1. The zero-order valence-corrected chi connectivity index (χ0v) is 10.6. The van der Waals surface area contributed by atoms with E-state index in [1.807, 2.05) is 12.3 Å². The van der Waals surface area contributed by atoms with Crippen LogP contribution in [-0.2, 0) is 6.54 Å². The molecule has 0 saturated carbocycles. The average Bonchev–Trinajstić information content (AvgIpc) is 2.38. The summed E-state index contributed by atoms with van der Waals surface area (Å²) < 4.78 is 0. The molecule has 0 aliphatic rings. The van der Waals surface area contributed by atoms with E-state index in [0.29, 0.717) is 0 Å². The van der Waals surface area contributed by atoms with Gasteiger partial charge in [0, 0.05) is 24.0 Å². The summed E-state index contributed by atoms with van der Waals surface area (Å²) in [5.41, 5.74) is 2.36. The molecule has 0 aliphatic heterocycles. The normalized spacial score (nSPS) is 10.9. The van der Waals surface area contributed by atoms with Crippen molar-refractivity contribution in [1.82, 2.24) is 10.3 Å². The molecular weight excluding hydrogens is 232 g/mol. The highest BCUT2D eigenvalue weighted by Gasteiger charge is 1.96. The van der Waals surface area contributed by atoms with Crippen molar-refractivity contribution in [3.05, 3.63) is 42.1 Å². The number of rotatable bonds is 6. The Bertz CT molecular complexity index is 470. The van der Waals surface area contributed by atoms with E-state index in [2.05, 4.69) is 34.6 Å². The molecule has 0 saturated heterocycles. The minimum Gasteiger partial charge on any atom is -0.313 e. The zero-order chi connectivity index (χ0) is 11.9. The van der Waals surface area contributed by atoms with E-state index >= 15 is 0 Å². The van der Waals surface area contributed by atoms with Crippen LogP contribution in [0.2, 0.25) is 0 Å². The SMILES string of the molecule is ClCCCCNCc1ccc2ncccc2c1. The molecule has 0 radical (unpaired) electrons. The Kier molecular flexibility index (Phi) is 4.77. The van der Waals surface area contributed by atoms with E-state index in [-0.39, 0.29) is 0 Å². The lowest BCUT2D eigenvalue weighted by Gasteiger charge is -2.05. The Morgan fingerprint density at radius 2 is 2.12 bits per heavy atom. The molecule has 0 fully saturated rings. The Morgan fingerprint density at radius 3 is 3.00 bits per heavy atom. The van der Waals surface area contributed by atoms with Gasteiger partial charge in [-0.25, -0.2) is 0 Å². The predicted molar refractivity (Wildman–Crippen MR) is 73.4 cm³/mol. The smallest absolute Gasteiger partial charge is 0.0702 e. The molecule has 17 heavy (non-hydrogen) atoms. The molecule has 0 amide bonds. The summed E-state index contributed by atoms with van der Waals surface area (Å²) in [6.07, 6.45) is 4.04. The molecule has 2 rings (SSSR count). The first-order chi connectivity index (χ1) is 8.40. The monoisotopic (exact) mass is 248 g/mol. The Hall–Kier alpha value is -1.12. The molecule has 1 aromatic heterocycles. The molecule has 2 nitrogen and oxygen atoms in total. The van der Waals surface area contributed by atoms with Crippen molar-refractivity contribution >= 4 is 22.5 Å². The van der Waals surface area contributed by atoms with Crippen LogP contribution in [0.3, 0.4) is 0 Å². The van der Waals surface area contributed by atoms with Crippen molar-refractivity contribution < 1.29 is 0 Å². The van der Waals surface area contributed by atoms with Gasteiger partial charge in [0.2, 0.25) is 0 Å². The third-order valence-electron chi connectivity index (χ3n) is 2.73. The molecule has 1 heterocycles. The number of hydrogen-bond donors (Lipinski definition) is 1. The molecule has 0 atom stereocenters. The average molecular weight is 249 g/mol. The van der Waals surface area contributed by atoms with Crippen molar-refractivity contribution in [2.45, 2.75) is 19.4 Å². The molecule has 1 N–H and O–H groups in total. The first kappa shape index (κ1) is 12.3. The maximum atomic E-state index is 5.63. The van der Waals surface area contributed by atoms with Crippen LogP contribution in [0.1, 0.15) is 18.4 Å². The maximum absolute atomic E-state index is 5.63. The number of halogens is 1. The molecular formula is C14H17ClN2. The van der Waals surface area contributed by atoms with Gasteiger partial charge in [-0.3, -0.25) is 4.98 Å². The van der Waals surface area contributed by atoms with Crippen LogP contribution in [0, 0.1) is 0 Å². The largest absolute Gasteiger partial charge is 0.313 e. The molecule has 0 aliphatic carbocycles. The van der Waals surface area contributed by atoms with Crippen molar-refractivity contribution in [1.29, 1.82) is 0 Å². The minimum atomic E-state index is 0.753. The van der Waals surface area contributed by atoms with E-state index in [0.717, 1.165) is 37.3 Å². The van der Waals surface area contributed by atoms with Gasteiger partial charge < -0.3 is 5.32 Å². The highest BCUT2D eigenvalue weighted by atomic mass is 35.5. The number of nitrogens with zero attached hydrogens (tertiary/aromatic N) is 1. The molecule has 0 unspecified atom stereocenters. The number of aromatic nitrogens is 1. The van der Waals surface area contributed by atoms with Crippen LogP contribution in [0.15, 0.2) is 36.5 Å². The van der Waals surface area contributed by atoms with Crippen molar-refractivity contribution in [2.75, 3.05) is 12.4 Å². The topological polar surface area (TPSA) is 24.9 Å². The fourth-order valence-corrected chi connectivity index (χ4v) is 2.00. The van der Waals surface area contributed by atoms with Gasteiger partial charge in [0.1, 0.15) is 0 Å². The van der Waals surface area contributed by atoms with E-state index in [1.54, 1.807) is 0 Å². The second-order valence-electron chi connectivity index (χ2n) is 4.10. The summed E-state index contributed by atoms with van der Waals surface area (Å²) in [5.74, 6) is 0.753. The fourth-order valence-electron chi connectivity index (χ4n) is 1.81. The lowest BCUT2D eigenvalue weighted by Crippen LogP contribution is -2.14. The molecule has 2 aromatic rings. The summed E-state index contributed by atoms with van der Waals surface area (Å²) in [4.78, 5) is 4.31. The summed E-state index contributed by atoms with van der Waals surface area (Å²) in [5, 5.41) is 4.62. The third kappa shape index (κ3) is 3.69. The minimum absolute atomic E-state index is 0.753. The van der Waals surface area contributed by atoms with E-state index in [4.69, 9.17) is 11.6 Å². The zero-order valence-electron chi connectivity index (χ0n) is 9.82. The molecule has 0 bridgehead atoms. The second-order valence-corrected chi connectivity index (χ2v) is 4.48. The van der Waals surface area contributed by atoms with E-state index in [9.17, 15) is 0 Å². The van der Waals surface area contributed by atoms with Crippen LogP contribution in [0.25, 0.3) is 10.9 Å². The molecule has 3 heteroatoms. The third-order valence-corrected chi connectivity index (χ3v) is 3.00. The highest BCUT2D eigenvalue weighted by molar-refractivity contribution is 6.17. The summed E-state index contributed by atoms with van der Waals surface area (Å²) in [6, 6.07) is 10.5. The van der Waals surface area contributed by atoms with Crippen molar-refractivity contribution in [3.8, 4) is 0 Å². The number of hydrogen-bond acceptors (Lipinski definition) is 2. The number of pyridine rings is 1. The van der Waals surface area contributed by atoms with Crippen molar-refractivity contribution in [2.24, 2.45) is 0 Å². The van der Waals surface area contributed by atoms with Crippen LogP contribution >= 0.6 is 11.6 Å². The molecule has 0 spiro atoms. The first-order valence-electron chi connectivity index (χ1n) is 6.00. The van der Waals surface area contributed by atoms with Crippen LogP contribution in [-0.4, -0.2) is 17.4 Å². The standard InChI is InChI=1S/C14H17ClN2/c15-7-1-2-8-16-11-12-5-6-14-13(10-12)4-3-9-17-14/h3-6,9-10,16H,1-2,7-8,11H2. The first-order valence-corrected chi connectivity index (χ1v) is 6.54. The van der Waals surface area contributed by atoms with Gasteiger partial charge in [0.15, 0.2) is 0 Å². The number of benzene rings is 1. The number of alkyl halides is 1. The van der Waals surface area contributed by atoms with Crippen LogP contribution in [0.4, 0.5) is 0 Å². The molecule has 90 valence electrons. The van der Waals surface area contributed by atoms with Gasteiger partial charge in [-0.2, -0.15) is 0 Å². The number of nitrogens with one attached hydrogen (secondary N) is 1. The molecule has 1 aromatic carbocycles. The summed E-state index contributed by atoms with van der Waals surface area (Å²) >= 11 is 5.63. The van der Waals surface area contributed by atoms with Crippen LogP contribution < -0.4 is 5.32 Å². The quantitative estimate of drug-likeness (QED) is 0.627.